The first-order chi connectivity index (χ1) is 10.0. The molecule has 1 amide bonds. The van der Waals surface area contributed by atoms with Crippen molar-refractivity contribution in [2.24, 2.45) is 11.5 Å². The van der Waals surface area contributed by atoms with Crippen LogP contribution in [0.4, 0.5) is 0 Å². The summed E-state index contributed by atoms with van der Waals surface area (Å²) in [6.45, 7) is 0. The van der Waals surface area contributed by atoms with Gasteiger partial charge in [-0.1, -0.05) is 0 Å². The molecule has 1 saturated carbocycles. The lowest BCUT2D eigenvalue weighted by Gasteiger charge is -2.26. The summed E-state index contributed by atoms with van der Waals surface area (Å²) in [6, 6.07) is -0.349. The fourth-order valence-electron chi connectivity index (χ4n) is 2.91. The molecule has 0 aromatic rings. The van der Waals surface area contributed by atoms with Crippen molar-refractivity contribution in [1.82, 2.24) is 5.32 Å². The highest BCUT2D eigenvalue weighted by Gasteiger charge is 2.29. The number of rotatable bonds is 3. The van der Waals surface area contributed by atoms with Crippen molar-refractivity contribution in [3.8, 4) is 0 Å². The van der Waals surface area contributed by atoms with Crippen molar-refractivity contribution in [1.29, 1.82) is 5.41 Å². The van der Waals surface area contributed by atoms with E-state index in [2.05, 4.69) is 5.32 Å². The molecule has 114 valence electrons. The van der Waals surface area contributed by atoms with Gasteiger partial charge in [-0.05, 0) is 44.9 Å². The third-order valence-corrected chi connectivity index (χ3v) is 4.12. The number of hydrogen-bond acceptors (Lipinski definition) is 5. The molecule has 0 saturated heterocycles. The quantitative estimate of drug-likeness (QED) is 0.576. The first-order valence-corrected chi connectivity index (χ1v) is 7.37. The molecule has 0 aliphatic heterocycles. The highest BCUT2D eigenvalue weighted by atomic mass is 16.2. The molecular formula is C15H22N4O2. The summed E-state index contributed by atoms with van der Waals surface area (Å²) in [4.78, 5) is 24.3. The average Bonchev–Trinajstić information content (AvgIpc) is 2.47. The molecule has 0 spiro atoms. The van der Waals surface area contributed by atoms with E-state index in [1.807, 2.05) is 0 Å². The molecule has 0 radical (unpaired) electrons. The van der Waals surface area contributed by atoms with Crippen LogP contribution in [-0.2, 0) is 9.59 Å². The van der Waals surface area contributed by atoms with Gasteiger partial charge in [-0.25, -0.2) is 0 Å². The zero-order chi connectivity index (χ0) is 15.4. The summed E-state index contributed by atoms with van der Waals surface area (Å²) in [5.74, 6) is -1.19. The predicted octanol–water partition coefficient (Wildman–Crippen LogP) is 0.873. The predicted molar refractivity (Wildman–Crippen MR) is 80.5 cm³/mol. The van der Waals surface area contributed by atoms with E-state index in [1.54, 1.807) is 0 Å². The summed E-state index contributed by atoms with van der Waals surface area (Å²) >= 11 is 0. The molecule has 2 aliphatic carbocycles. The SMILES string of the molecule is N=C1CCCC(NC(=O)C(=O)C2=C(N)CCCC2)C1=CN. The fraction of sp³-hybridized carbons (Fsp3) is 0.533. The van der Waals surface area contributed by atoms with E-state index in [0.717, 1.165) is 19.3 Å². The van der Waals surface area contributed by atoms with Gasteiger partial charge in [-0.15, -0.1) is 0 Å². The smallest absolute Gasteiger partial charge is 0.292 e. The Bertz CT molecular complexity index is 534. The highest BCUT2D eigenvalue weighted by Crippen LogP contribution is 2.23. The van der Waals surface area contributed by atoms with Crippen LogP contribution in [0.15, 0.2) is 23.0 Å². The lowest BCUT2D eigenvalue weighted by atomic mass is 9.88. The van der Waals surface area contributed by atoms with Crippen molar-refractivity contribution in [3.63, 3.8) is 0 Å². The summed E-state index contributed by atoms with van der Waals surface area (Å²) < 4.78 is 0. The van der Waals surface area contributed by atoms with Crippen molar-refractivity contribution in [2.45, 2.75) is 51.0 Å². The van der Waals surface area contributed by atoms with E-state index in [0.29, 0.717) is 48.2 Å². The summed E-state index contributed by atoms with van der Waals surface area (Å²) in [5.41, 5.74) is 13.4. The molecule has 0 aromatic heterocycles. The van der Waals surface area contributed by atoms with Gasteiger partial charge in [0.15, 0.2) is 0 Å². The lowest BCUT2D eigenvalue weighted by Crippen LogP contribution is -2.44. The Morgan fingerprint density at radius 1 is 1.19 bits per heavy atom. The molecule has 0 bridgehead atoms. The molecule has 0 heterocycles. The van der Waals surface area contributed by atoms with Crippen molar-refractivity contribution >= 4 is 17.4 Å². The van der Waals surface area contributed by atoms with Crippen LogP contribution in [0.2, 0.25) is 0 Å². The largest absolute Gasteiger partial charge is 0.404 e. The van der Waals surface area contributed by atoms with Crippen LogP contribution >= 0.6 is 0 Å². The van der Waals surface area contributed by atoms with E-state index < -0.39 is 11.7 Å². The maximum absolute atomic E-state index is 12.2. The number of Topliss-reactive ketones (excluding diaryl/α,β-unsaturated/α-hetero) is 1. The minimum absolute atomic E-state index is 0.349. The van der Waals surface area contributed by atoms with Gasteiger partial charge in [0.1, 0.15) is 0 Å². The van der Waals surface area contributed by atoms with Crippen molar-refractivity contribution in [2.75, 3.05) is 0 Å². The Balaban J connectivity index is 2.07. The number of ketones is 1. The number of carbonyl (C=O) groups is 2. The monoisotopic (exact) mass is 290 g/mol. The molecule has 0 aromatic carbocycles. The molecular weight excluding hydrogens is 268 g/mol. The number of allylic oxidation sites excluding steroid dienone is 1. The summed E-state index contributed by atoms with van der Waals surface area (Å²) in [5, 5.41) is 10.5. The molecule has 6 heteroatoms. The maximum atomic E-state index is 12.2. The average molecular weight is 290 g/mol. The Hall–Kier alpha value is -2.11. The fourth-order valence-corrected chi connectivity index (χ4v) is 2.91. The third kappa shape index (κ3) is 3.32. The second-order valence-corrected chi connectivity index (χ2v) is 5.56. The van der Waals surface area contributed by atoms with Crippen LogP contribution in [0.3, 0.4) is 0 Å². The van der Waals surface area contributed by atoms with E-state index in [4.69, 9.17) is 16.9 Å². The molecule has 21 heavy (non-hydrogen) atoms. The summed E-state index contributed by atoms with van der Waals surface area (Å²) in [7, 11) is 0. The second kappa shape index (κ2) is 6.56. The molecule has 6 nitrogen and oxygen atoms in total. The highest BCUT2D eigenvalue weighted by molar-refractivity contribution is 6.43. The first-order valence-electron chi connectivity index (χ1n) is 7.37. The van der Waals surface area contributed by atoms with Gasteiger partial charge in [0, 0.05) is 28.8 Å². The molecule has 1 fully saturated rings. The lowest BCUT2D eigenvalue weighted by molar-refractivity contribution is -0.136. The van der Waals surface area contributed by atoms with Gasteiger partial charge < -0.3 is 22.2 Å². The molecule has 1 atom stereocenters. The van der Waals surface area contributed by atoms with Gasteiger partial charge in [-0.2, -0.15) is 0 Å². The Morgan fingerprint density at radius 2 is 1.90 bits per heavy atom. The molecule has 1 unspecified atom stereocenters. The number of nitrogens with one attached hydrogen (secondary N) is 2. The van der Waals surface area contributed by atoms with Crippen LogP contribution in [0, 0.1) is 5.41 Å². The Kier molecular flexibility index (Phi) is 4.77. The van der Waals surface area contributed by atoms with Crippen molar-refractivity contribution in [3.05, 3.63) is 23.0 Å². The second-order valence-electron chi connectivity index (χ2n) is 5.56. The standard InChI is InChI=1S/C15H22N4O2/c16-8-10-12(18)6-3-7-13(10)19-15(21)14(20)9-4-1-2-5-11(9)17/h8,13,18H,1-7,16-17H2,(H,19,21). The van der Waals surface area contributed by atoms with Crippen LogP contribution in [0.5, 0.6) is 0 Å². The number of amides is 1. The van der Waals surface area contributed by atoms with E-state index in [1.165, 1.54) is 6.20 Å². The van der Waals surface area contributed by atoms with Crippen LogP contribution in [0.25, 0.3) is 0 Å². The molecule has 2 aliphatic rings. The van der Waals surface area contributed by atoms with Crippen LogP contribution in [0.1, 0.15) is 44.9 Å². The Labute approximate surface area is 124 Å². The Morgan fingerprint density at radius 3 is 2.57 bits per heavy atom. The normalized spacial score (nSPS) is 25.0. The molecule has 2 rings (SSSR count). The molecule has 6 N–H and O–H groups in total. The number of hydrogen-bond donors (Lipinski definition) is 4. The van der Waals surface area contributed by atoms with E-state index >= 15 is 0 Å². The maximum Gasteiger partial charge on any atom is 0.292 e. The van der Waals surface area contributed by atoms with Gasteiger partial charge in [-0.3, -0.25) is 9.59 Å². The van der Waals surface area contributed by atoms with E-state index in [-0.39, 0.29) is 6.04 Å². The van der Waals surface area contributed by atoms with Crippen LogP contribution in [-0.4, -0.2) is 23.4 Å². The first kappa shape index (κ1) is 15.3. The topological polar surface area (TPSA) is 122 Å². The van der Waals surface area contributed by atoms with E-state index in [9.17, 15) is 9.59 Å². The van der Waals surface area contributed by atoms with Gasteiger partial charge in [0.05, 0.1) is 6.04 Å². The zero-order valence-electron chi connectivity index (χ0n) is 12.1. The van der Waals surface area contributed by atoms with Crippen molar-refractivity contribution < 1.29 is 9.59 Å². The van der Waals surface area contributed by atoms with Gasteiger partial charge in [0.2, 0.25) is 5.78 Å². The van der Waals surface area contributed by atoms with Gasteiger partial charge >= 0.3 is 0 Å². The zero-order valence-corrected chi connectivity index (χ0v) is 12.1. The minimum atomic E-state index is -0.645. The minimum Gasteiger partial charge on any atom is -0.404 e. The summed E-state index contributed by atoms with van der Waals surface area (Å²) in [6.07, 6.45) is 6.60. The van der Waals surface area contributed by atoms with Gasteiger partial charge in [0.25, 0.3) is 5.91 Å². The number of carbonyl (C=O) groups excluding carboxylic acids is 2. The van der Waals surface area contributed by atoms with Crippen LogP contribution < -0.4 is 16.8 Å². The number of nitrogens with two attached hydrogens (primary N) is 2. The third-order valence-electron chi connectivity index (χ3n) is 4.12.